The van der Waals surface area contributed by atoms with Gasteiger partial charge >= 0.3 is 0 Å². The second-order valence-corrected chi connectivity index (χ2v) is 3.32. The minimum atomic E-state index is -0.445. The van der Waals surface area contributed by atoms with Crippen LogP contribution >= 0.6 is 23.2 Å². The van der Waals surface area contributed by atoms with Crippen molar-refractivity contribution in [1.82, 2.24) is 10.5 Å². The van der Waals surface area contributed by atoms with Crippen LogP contribution in [0.1, 0.15) is 16.1 Å². The Balaban J connectivity index is 3.14. The maximum Gasteiger partial charge on any atom is 0.278 e. The molecule has 0 saturated heterocycles. The van der Waals surface area contributed by atoms with E-state index in [0.717, 1.165) is 0 Å². The van der Waals surface area contributed by atoms with Gasteiger partial charge in [0.15, 0.2) is 0 Å². The van der Waals surface area contributed by atoms with Gasteiger partial charge in [0.2, 0.25) is 0 Å². The predicted molar refractivity (Wildman–Crippen MR) is 53.5 cm³/mol. The summed E-state index contributed by atoms with van der Waals surface area (Å²) in [4.78, 5) is 19.8. The first kappa shape index (κ1) is 11.2. The Kier molecular flexibility index (Phi) is 3.69. The second-order valence-electron chi connectivity index (χ2n) is 2.52. The van der Waals surface area contributed by atoms with E-state index in [1.54, 1.807) is 6.92 Å². The average Bonchev–Trinajstić information content (AvgIpc) is 2.01. The molecule has 0 aliphatic rings. The molecule has 0 unspecified atom stereocenters. The fraction of sp³-hybridized carbons (Fsp3) is 0.250. The first-order chi connectivity index (χ1) is 6.56. The molecule has 0 fully saturated rings. The third-order valence-corrected chi connectivity index (χ3v) is 2.03. The van der Waals surface area contributed by atoms with Gasteiger partial charge in [-0.05, 0) is 13.0 Å². The van der Waals surface area contributed by atoms with Gasteiger partial charge in [-0.3, -0.25) is 9.63 Å². The highest BCUT2D eigenvalue weighted by molar-refractivity contribution is 6.36. The molecule has 1 amide bonds. The summed E-state index contributed by atoms with van der Waals surface area (Å²) in [6, 6.07) is 1.40. The second kappa shape index (κ2) is 4.59. The van der Waals surface area contributed by atoms with Crippen molar-refractivity contribution in [2.45, 2.75) is 6.92 Å². The summed E-state index contributed by atoms with van der Waals surface area (Å²) in [6.45, 7) is 1.64. The van der Waals surface area contributed by atoms with E-state index in [1.807, 2.05) is 0 Å². The molecular formula is C8H8Cl2N2O2. The monoisotopic (exact) mass is 234 g/mol. The summed E-state index contributed by atoms with van der Waals surface area (Å²) >= 11 is 11.5. The molecule has 14 heavy (non-hydrogen) atoms. The lowest BCUT2D eigenvalue weighted by atomic mass is 10.2. The van der Waals surface area contributed by atoms with Crippen molar-refractivity contribution in [3.63, 3.8) is 0 Å². The van der Waals surface area contributed by atoms with Gasteiger partial charge < -0.3 is 0 Å². The standard InChI is InChI=1S/C8H8Cl2N2O2/c1-4-7(8(13)12-14-2)5(9)3-6(10)11-4/h3H,1-2H3,(H,12,13). The number of aromatic nitrogens is 1. The Labute approximate surface area is 91.1 Å². The first-order valence-electron chi connectivity index (χ1n) is 3.72. The van der Waals surface area contributed by atoms with E-state index in [0.29, 0.717) is 5.69 Å². The summed E-state index contributed by atoms with van der Waals surface area (Å²) in [5, 5.41) is 0.499. The normalized spacial score (nSPS) is 10.0. The largest absolute Gasteiger partial charge is 0.278 e. The molecule has 0 bridgehead atoms. The summed E-state index contributed by atoms with van der Waals surface area (Å²) in [5.41, 5.74) is 2.87. The molecule has 0 saturated carbocycles. The predicted octanol–water partition coefficient (Wildman–Crippen LogP) is 1.99. The lowest BCUT2D eigenvalue weighted by molar-refractivity contribution is 0.0536. The molecule has 6 heteroatoms. The number of hydrogen-bond acceptors (Lipinski definition) is 3. The number of carbonyl (C=O) groups excluding carboxylic acids is 1. The van der Waals surface area contributed by atoms with Crippen molar-refractivity contribution in [3.8, 4) is 0 Å². The van der Waals surface area contributed by atoms with Crippen molar-refractivity contribution in [3.05, 3.63) is 27.5 Å². The average molecular weight is 235 g/mol. The summed E-state index contributed by atoms with van der Waals surface area (Å²) in [7, 11) is 1.34. The molecule has 1 aromatic rings. The van der Waals surface area contributed by atoms with Crippen molar-refractivity contribution in [1.29, 1.82) is 0 Å². The van der Waals surface area contributed by atoms with Gasteiger partial charge in [0, 0.05) is 0 Å². The number of nitrogens with one attached hydrogen (secondary N) is 1. The van der Waals surface area contributed by atoms with Crippen LogP contribution in [-0.2, 0) is 4.84 Å². The van der Waals surface area contributed by atoms with E-state index in [4.69, 9.17) is 23.2 Å². The van der Waals surface area contributed by atoms with Crippen LogP contribution in [0.3, 0.4) is 0 Å². The lowest BCUT2D eigenvalue weighted by Gasteiger charge is -2.07. The molecule has 0 spiro atoms. The van der Waals surface area contributed by atoms with E-state index < -0.39 is 5.91 Å². The van der Waals surface area contributed by atoms with Crippen LogP contribution in [0.4, 0.5) is 0 Å². The number of pyridine rings is 1. The maximum absolute atomic E-state index is 11.4. The zero-order valence-electron chi connectivity index (χ0n) is 7.60. The van der Waals surface area contributed by atoms with E-state index in [-0.39, 0.29) is 15.7 Å². The number of carbonyl (C=O) groups is 1. The van der Waals surface area contributed by atoms with E-state index >= 15 is 0 Å². The quantitative estimate of drug-likeness (QED) is 0.629. The van der Waals surface area contributed by atoms with Gasteiger partial charge in [0.1, 0.15) is 5.15 Å². The lowest BCUT2D eigenvalue weighted by Crippen LogP contribution is -2.23. The number of nitrogens with zero attached hydrogens (tertiary/aromatic N) is 1. The Bertz CT molecular complexity index is 345. The van der Waals surface area contributed by atoms with Crippen LogP contribution in [0.2, 0.25) is 10.2 Å². The van der Waals surface area contributed by atoms with Crippen LogP contribution in [0.5, 0.6) is 0 Å². The molecular weight excluding hydrogens is 227 g/mol. The summed E-state index contributed by atoms with van der Waals surface area (Å²) in [6.07, 6.45) is 0. The third-order valence-electron chi connectivity index (χ3n) is 1.54. The molecule has 1 N–H and O–H groups in total. The van der Waals surface area contributed by atoms with Gasteiger partial charge in [0.25, 0.3) is 5.91 Å². The van der Waals surface area contributed by atoms with Crippen LogP contribution in [0.25, 0.3) is 0 Å². The summed E-state index contributed by atoms with van der Waals surface area (Å²) < 4.78 is 0. The number of rotatable bonds is 2. The topological polar surface area (TPSA) is 51.2 Å². The Morgan fingerprint density at radius 2 is 2.21 bits per heavy atom. The first-order valence-corrected chi connectivity index (χ1v) is 4.47. The number of aryl methyl sites for hydroxylation is 1. The highest BCUT2D eigenvalue weighted by atomic mass is 35.5. The maximum atomic E-state index is 11.4. The zero-order chi connectivity index (χ0) is 10.7. The minimum Gasteiger partial charge on any atom is -0.277 e. The fourth-order valence-corrected chi connectivity index (χ4v) is 1.63. The van der Waals surface area contributed by atoms with Gasteiger partial charge in [-0.1, -0.05) is 23.2 Å². The number of hydrogen-bond donors (Lipinski definition) is 1. The van der Waals surface area contributed by atoms with Crippen molar-refractivity contribution < 1.29 is 9.63 Å². The zero-order valence-corrected chi connectivity index (χ0v) is 9.11. The molecule has 0 atom stereocenters. The number of amides is 1. The van der Waals surface area contributed by atoms with Crippen LogP contribution < -0.4 is 5.48 Å². The van der Waals surface area contributed by atoms with Gasteiger partial charge in [-0.2, -0.15) is 0 Å². The third kappa shape index (κ3) is 2.35. The van der Waals surface area contributed by atoms with Crippen molar-refractivity contribution in [2.75, 3.05) is 7.11 Å². The van der Waals surface area contributed by atoms with E-state index in [9.17, 15) is 4.79 Å². The number of halogens is 2. The Morgan fingerprint density at radius 3 is 2.71 bits per heavy atom. The highest BCUT2D eigenvalue weighted by Crippen LogP contribution is 2.21. The molecule has 0 aliphatic heterocycles. The van der Waals surface area contributed by atoms with Gasteiger partial charge in [-0.15, -0.1) is 0 Å². The van der Waals surface area contributed by atoms with Crippen LogP contribution in [0.15, 0.2) is 6.07 Å². The van der Waals surface area contributed by atoms with Gasteiger partial charge in [-0.25, -0.2) is 10.5 Å². The molecule has 4 nitrogen and oxygen atoms in total. The molecule has 76 valence electrons. The van der Waals surface area contributed by atoms with E-state index in [2.05, 4.69) is 15.3 Å². The molecule has 1 heterocycles. The van der Waals surface area contributed by atoms with Crippen LogP contribution in [-0.4, -0.2) is 18.0 Å². The highest BCUT2D eigenvalue weighted by Gasteiger charge is 2.15. The van der Waals surface area contributed by atoms with Crippen LogP contribution in [0, 0.1) is 6.92 Å². The summed E-state index contributed by atoms with van der Waals surface area (Å²) in [5.74, 6) is -0.445. The molecule has 1 aromatic heterocycles. The van der Waals surface area contributed by atoms with Crippen molar-refractivity contribution in [2.24, 2.45) is 0 Å². The Morgan fingerprint density at radius 1 is 1.57 bits per heavy atom. The van der Waals surface area contributed by atoms with E-state index in [1.165, 1.54) is 13.2 Å². The fourth-order valence-electron chi connectivity index (χ4n) is 1.01. The van der Waals surface area contributed by atoms with Crippen molar-refractivity contribution >= 4 is 29.1 Å². The van der Waals surface area contributed by atoms with Gasteiger partial charge in [0.05, 0.1) is 23.4 Å². The molecule has 1 rings (SSSR count). The number of hydroxylamine groups is 1. The minimum absolute atomic E-state index is 0.247. The smallest absolute Gasteiger partial charge is 0.277 e. The molecule has 0 radical (unpaired) electrons. The Hall–Kier alpha value is -0.840. The molecule has 0 aliphatic carbocycles. The molecule has 0 aromatic carbocycles. The SMILES string of the molecule is CONC(=O)c1c(Cl)cc(Cl)nc1C.